The van der Waals surface area contributed by atoms with Gasteiger partial charge in [0.1, 0.15) is 5.60 Å². The number of hydrogen-bond acceptors (Lipinski definition) is 5. The topological polar surface area (TPSA) is 84.9 Å². The third kappa shape index (κ3) is 8.52. The van der Waals surface area contributed by atoms with Crippen LogP contribution in [-0.4, -0.2) is 42.0 Å². The molecule has 140 valence electrons. The highest BCUT2D eigenvalue weighted by Crippen LogP contribution is 2.33. The number of rotatable bonds is 7. The third-order valence-corrected chi connectivity index (χ3v) is 4.29. The summed E-state index contributed by atoms with van der Waals surface area (Å²) in [5, 5.41) is 12.2. The molecule has 6 heteroatoms. The van der Waals surface area contributed by atoms with Gasteiger partial charge >= 0.3 is 12.1 Å². The van der Waals surface area contributed by atoms with E-state index in [1.165, 1.54) is 0 Å². The zero-order chi connectivity index (χ0) is 18.2. The Hall–Kier alpha value is -1.30. The molecule has 0 aromatic carbocycles. The molecule has 1 fully saturated rings. The number of aliphatic hydroxyl groups is 1. The van der Waals surface area contributed by atoms with Gasteiger partial charge in [-0.2, -0.15) is 0 Å². The molecule has 1 aliphatic rings. The van der Waals surface area contributed by atoms with Gasteiger partial charge in [-0.15, -0.1) is 0 Å². The molecule has 2 N–H and O–H groups in total. The molecule has 24 heavy (non-hydrogen) atoms. The van der Waals surface area contributed by atoms with Gasteiger partial charge in [0.2, 0.25) is 0 Å². The molecular formula is C18H33NO5. The van der Waals surface area contributed by atoms with Crippen LogP contribution in [0, 0.1) is 11.8 Å². The number of carbonyl (C=O) groups is 2. The van der Waals surface area contributed by atoms with Crippen molar-refractivity contribution < 1.29 is 24.2 Å². The summed E-state index contributed by atoms with van der Waals surface area (Å²) in [5.41, 5.74) is -0.546. The molecule has 1 amide bonds. The first-order valence-electron chi connectivity index (χ1n) is 8.99. The lowest BCUT2D eigenvalue weighted by atomic mass is 9.78. The van der Waals surface area contributed by atoms with Crippen LogP contribution in [0.15, 0.2) is 0 Å². The minimum absolute atomic E-state index is 0.0952. The number of amides is 1. The zero-order valence-corrected chi connectivity index (χ0v) is 15.5. The molecule has 1 unspecified atom stereocenters. The fourth-order valence-electron chi connectivity index (χ4n) is 3.18. The Kier molecular flexibility index (Phi) is 8.53. The minimum atomic E-state index is -0.546. The smallest absolute Gasteiger partial charge is 0.407 e. The summed E-state index contributed by atoms with van der Waals surface area (Å²) in [6.07, 6.45) is 4.76. The fourth-order valence-corrected chi connectivity index (χ4v) is 3.18. The summed E-state index contributed by atoms with van der Waals surface area (Å²) in [6, 6.07) is -0.286. The second kappa shape index (κ2) is 9.87. The molecular weight excluding hydrogens is 310 g/mol. The average molecular weight is 343 g/mol. The highest BCUT2D eigenvalue weighted by atomic mass is 16.6. The van der Waals surface area contributed by atoms with Crippen LogP contribution in [0.1, 0.15) is 66.2 Å². The molecule has 6 nitrogen and oxygen atoms in total. The maximum atomic E-state index is 11.8. The lowest BCUT2D eigenvalue weighted by Crippen LogP contribution is -2.42. The molecule has 1 atom stereocenters. The normalized spacial score (nSPS) is 22.5. The number of hydrogen-bond donors (Lipinski definition) is 2. The van der Waals surface area contributed by atoms with E-state index in [0.717, 1.165) is 32.1 Å². The molecule has 0 aromatic rings. The second-order valence-electron chi connectivity index (χ2n) is 7.66. The van der Waals surface area contributed by atoms with E-state index in [1.807, 2.05) is 27.7 Å². The number of carbonyl (C=O) groups excluding carboxylic acids is 2. The summed E-state index contributed by atoms with van der Waals surface area (Å²) in [4.78, 5) is 23.3. The molecule has 1 aliphatic carbocycles. The Morgan fingerprint density at radius 3 is 2.25 bits per heavy atom. The van der Waals surface area contributed by atoms with E-state index >= 15 is 0 Å². The van der Waals surface area contributed by atoms with E-state index in [9.17, 15) is 14.7 Å². The van der Waals surface area contributed by atoms with E-state index in [4.69, 9.17) is 9.47 Å². The van der Waals surface area contributed by atoms with Crippen LogP contribution in [-0.2, 0) is 14.3 Å². The Balaban J connectivity index is 2.33. The lowest BCUT2D eigenvalue weighted by Gasteiger charge is -2.30. The predicted molar refractivity (Wildman–Crippen MR) is 91.6 cm³/mol. The maximum Gasteiger partial charge on any atom is 0.407 e. The predicted octanol–water partition coefficient (Wildman–Crippen LogP) is 3.02. The first kappa shape index (κ1) is 20.7. The summed E-state index contributed by atoms with van der Waals surface area (Å²) >= 11 is 0. The van der Waals surface area contributed by atoms with Crippen molar-refractivity contribution in [3.63, 3.8) is 0 Å². The second-order valence-corrected chi connectivity index (χ2v) is 7.66. The number of alkyl carbamates (subject to hydrolysis) is 1. The van der Waals surface area contributed by atoms with Gasteiger partial charge in [0, 0.05) is 6.42 Å². The average Bonchev–Trinajstić information content (AvgIpc) is 2.46. The van der Waals surface area contributed by atoms with Gasteiger partial charge in [0.25, 0.3) is 0 Å². The molecule has 0 aromatic heterocycles. The summed E-state index contributed by atoms with van der Waals surface area (Å²) in [6.45, 7) is 7.59. The van der Waals surface area contributed by atoms with Crippen LogP contribution in [0.25, 0.3) is 0 Å². The van der Waals surface area contributed by atoms with Gasteiger partial charge < -0.3 is 19.9 Å². The first-order chi connectivity index (χ1) is 11.2. The van der Waals surface area contributed by atoms with Gasteiger partial charge in [0.15, 0.2) is 0 Å². The quantitative estimate of drug-likeness (QED) is 0.694. The number of ether oxygens (including phenoxy) is 2. The van der Waals surface area contributed by atoms with Crippen LogP contribution >= 0.6 is 0 Å². The van der Waals surface area contributed by atoms with Crippen molar-refractivity contribution in [2.45, 2.75) is 77.9 Å². The molecule has 0 heterocycles. The summed E-state index contributed by atoms with van der Waals surface area (Å²) in [5.74, 6) is 0.739. The van der Waals surface area contributed by atoms with Crippen LogP contribution in [0.5, 0.6) is 0 Å². The zero-order valence-electron chi connectivity index (χ0n) is 15.5. The van der Waals surface area contributed by atoms with Crippen LogP contribution in [0.4, 0.5) is 4.79 Å². The van der Waals surface area contributed by atoms with Gasteiger partial charge in [-0.1, -0.05) is 12.8 Å². The van der Waals surface area contributed by atoms with Crippen molar-refractivity contribution in [1.82, 2.24) is 5.32 Å². The van der Waals surface area contributed by atoms with Crippen molar-refractivity contribution in [3.05, 3.63) is 0 Å². The summed E-state index contributed by atoms with van der Waals surface area (Å²) < 4.78 is 10.2. The Morgan fingerprint density at radius 2 is 1.75 bits per heavy atom. The van der Waals surface area contributed by atoms with E-state index in [-0.39, 0.29) is 18.6 Å². The van der Waals surface area contributed by atoms with E-state index in [0.29, 0.717) is 24.9 Å². The minimum Gasteiger partial charge on any atom is -0.466 e. The van der Waals surface area contributed by atoms with E-state index in [2.05, 4.69) is 5.32 Å². The van der Waals surface area contributed by atoms with E-state index in [1.54, 1.807) is 0 Å². The number of esters is 1. The van der Waals surface area contributed by atoms with E-state index < -0.39 is 11.7 Å². The Bertz CT molecular complexity index is 397. The van der Waals surface area contributed by atoms with Gasteiger partial charge in [-0.3, -0.25) is 4.79 Å². The highest BCUT2D eigenvalue weighted by Gasteiger charge is 2.27. The van der Waals surface area contributed by atoms with Crippen molar-refractivity contribution in [2.75, 3.05) is 13.2 Å². The fraction of sp³-hybridized carbons (Fsp3) is 0.889. The standard InChI is InChI=1S/C18H33NO5/c1-5-23-16(21)11-14-8-6-13(7-9-14)10-15(12-20)19-17(22)24-18(2,3)4/h13-15,20H,5-12H2,1-4H3,(H,19,22). The van der Waals surface area contributed by atoms with Crippen LogP contribution < -0.4 is 5.32 Å². The van der Waals surface area contributed by atoms with Crippen LogP contribution in [0.2, 0.25) is 0 Å². The molecule has 0 radical (unpaired) electrons. The monoisotopic (exact) mass is 343 g/mol. The lowest BCUT2D eigenvalue weighted by molar-refractivity contribution is -0.144. The number of nitrogens with one attached hydrogen (secondary N) is 1. The third-order valence-electron chi connectivity index (χ3n) is 4.29. The largest absolute Gasteiger partial charge is 0.466 e. The van der Waals surface area contributed by atoms with Crippen LogP contribution in [0.3, 0.4) is 0 Å². The Labute approximate surface area is 145 Å². The van der Waals surface area contributed by atoms with Gasteiger partial charge in [0.05, 0.1) is 19.3 Å². The highest BCUT2D eigenvalue weighted by molar-refractivity contribution is 5.69. The first-order valence-corrected chi connectivity index (χ1v) is 8.99. The summed E-state index contributed by atoms with van der Waals surface area (Å²) in [7, 11) is 0. The van der Waals surface area contributed by atoms with Crippen molar-refractivity contribution in [1.29, 1.82) is 0 Å². The molecule has 0 aliphatic heterocycles. The SMILES string of the molecule is CCOC(=O)CC1CCC(CC(CO)NC(=O)OC(C)(C)C)CC1. The van der Waals surface area contributed by atoms with Crippen molar-refractivity contribution in [2.24, 2.45) is 11.8 Å². The maximum absolute atomic E-state index is 11.8. The molecule has 0 spiro atoms. The number of aliphatic hydroxyl groups excluding tert-OH is 1. The van der Waals surface area contributed by atoms with Crippen molar-refractivity contribution in [3.8, 4) is 0 Å². The molecule has 0 bridgehead atoms. The Morgan fingerprint density at radius 1 is 1.17 bits per heavy atom. The van der Waals surface area contributed by atoms with Crippen molar-refractivity contribution >= 4 is 12.1 Å². The van der Waals surface area contributed by atoms with Gasteiger partial charge in [-0.05, 0) is 58.8 Å². The molecule has 1 rings (SSSR count). The molecule has 1 saturated carbocycles. The molecule has 0 saturated heterocycles. The van der Waals surface area contributed by atoms with Gasteiger partial charge in [-0.25, -0.2) is 4.79 Å².